The number of rotatable bonds is 2. The first kappa shape index (κ1) is 12.3. The predicted octanol–water partition coefficient (Wildman–Crippen LogP) is 1.82. The molecular weight excluding hydrogens is 254 g/mol. The van der Waals surface area contributed by atoms with Gasteiger partial charge in [0.05, 0.1) is 5.39 Å². The highest BCUT2D eigenvalue weighted by atomic mass is 16.1. The highest BCUT2D eigenvalue weighted by Crippen LogP contribution is 2.29. The van der Waals surface area contributed by atoms with Crippen molar-refractivity contribution in [3.63, 3.8) is 0 Å². The summed E-state index contributed by atoms with van der Waals surface area (Å²) in [5, 5.41) is 5.17. The van der Waals surface area contributed by atoms with Crippen LogP contribution in [0.25, 0.3) is 22.3 Å². The second-order valence-corrected chi connectivity index (χ2v) is 4.56. The number of hydrogen-bond acceptors (Lipinski definition) is 5. The van der Waals surface area contributed by atoms with E-state index in [1.54, 1.807) is 16.8 Å². The normalized spacial score (nSPS) is 10.9. The molecule has 1 aromatic carbocycles. The van der Waals surface area contributed by atoms with Crippen molar-refractivity contribution in [1.29, 1.82) is 0 Å². The Balaban J connectivity index is 2.22. The third-order valence-electron chi connectivity index (χ3n) is 3.21. The van der Waals surface area contributed by atoms with Gasteiger partial charge in [0.15, 0.2) is 11.4 Å². The number of anilines is 1. The van der Waals surface area contributed by atoms with Crippen molar-refractivity contribution in [2.24, 2.45) is 7.05 Å². The second kappa shape index (κ2) is 4.41. The van der Waals surface area contributed by atoms with Crippen LogP contribution in [0, 0.1) is 0 Å². The van der Waals surface area contributed by atoms with Gasteiger partial charge in [-0.2, -0.15) is 5.10 Å². The van der Waals surface area contributed by atoms with E-state index < -0.39 is 0 Å². The van der Waals surface area contributed by atoms with Gasteiger partial charge in [0.1, 0.15) is 17.8 Å². The van der Waals surface area contributed by atoms with Gasteiger partial charge in [-0.05, 0) is 6.92 Å². The summed E-state index contributed by atoms with van der Waals surface area (Å²) in [6.07, 6.45) is 1.42. The van der Waals surface area contributed by atoms with Gasteiger partial charge in [-0.3, -0.25) is 4.79 Å². The molecule has 0 aliphatic heterocycles. The van der Waals surface area contributed by atoms with Crippen LogP contribution in [0.3, 0.4) is 0 Å². The van der Waals surface area contributed by atoms with Crippen molar-refractivity contribution in [3.8, 4) is 11.3 Å². The fourth-order valence-corrected chi connectivity index (χ4v) is 2.17. The number of benzene rings is 1. The van der Waals surface area contributed by atoms with Crippen molar-refractivity contribution in [2.45, 2.75) is 6.92 Å². The Morgan fingerprint density at radius 3 is 2.55 bits per heavy atom. The zero-order chi connectivity index (χ0) is 14.3. The summed E-state index contributed by atoms with van der Waals surface area (Å²) in [5.41, 5.74) is 8.87. The maximum absolute atomic E-state index is 11.3. The van der Waals surface area contributed by atoms with Gasteiger partial charge in [0.2, 0.25) is 0 Å². The van der Waals surface area contributed by atoms with Gasteiger partial charge in [-0.25, -0.2) is 14.6 Å². The number of carbonyl (C=O) groups excluding carboxylic acids is 1. The first-order valence-electron chi connectivity index (χ1n) is 6.12. The molecule has 0 amide bonds. The lowest BCUT2D eigenvalue weighted by molar-refractivity contribution is 0.101. The molecule has 0 bridgehead atoms. The summed E-state index contributed by atoms with van der Waals surface area (Å²) in [6.45, 7) is 1.54. The summed E-state index contributed by atoms with van der Waals surface area (Å²) in [6, 6.07) is 7.26. The summed E-state index contributed by atoms with van der Waals surface area (Å²) < 4.78 is 1.67. The molecule has 2 heterocycles. The van der Waals surface area contributed by atoms with E-state index in [2.05, 4.69) is 15.1 Å². The number of ketones is 1. The minimum absolute atomic E-state index is 0.0327. The van der Waals surface area contributed by atoms with E-state index in [0.717, 1.165) is 16.6 Å². The summed E-state index contributed by atoms with van der Waals surface area (Å²) in [4.78, 5) is 19.5. The van der Waals surface area contributed by atoms with Crippen molar-refractivity contribution >= 4 is 22.6 Å². The Morgan fingerprint density at radius 2 is 1.90 bits per heavy atom. The van der Waals surface area contributed by atoms with Crippen LogP contribution in [0.15, 0.2) is 30.6 Å². The van der Waals surface area contributed by atoms with Crippen LogP contribution in [0.2, 0.25) is 0 Å². The fourth-order valence-electron chi connectivity index (χ4n) is 2.17. The maximum atomic E-state index is 11.3. The number of nitrogens with two attached hydrogens (primary N) is 1. The molecular formula is C14H13N5O. The molecule has 0 aliphatic carbocycles. The van der Waals surface area contributed by atoms with E-state index in [4.69, 9.17) is 5.73 Å². The average molecular weight is 267 g/mol. The van der Waals surface area contributed by atoms with E-state index in [-0.39, 0.29) is 5.78 Å². The fraction of sp³-hybridized carbons (Fsp3) is 0.143. The van der Waals surface area contributed by atoms with Crippen LogP contribution < -0.4 is 5.73 Å². The molecule has 20 heavy (non-hydrogen) atoms. The van der Waals surface area contributed by atoms with Crippen LogP contribution in [0.4, 0.5) is 5.82 Å². The van der Waals surface area contributed by atoms with Gasteiger partial charge in [0.25, 0.3) is 0 Å². The van der Waals surface area contributed by atoms with E-state index in [9.17, 15) is 4.79 Å². The molecule has 0 saturated heterocycles. The number of nitrogen functional groups attached to an aromatic ring is 1. The molecule has 0 unspecified atom stereocenters. The van der Waals surface area contributed by atoms with Crippen LogP contribution in [-0.2, 0) is 7.05 Å². The van der Waals surface area contributed by atoms with Crippen molar-refractivity contribution in [1.82, 2.24) is 19.7 Å². The molecule has 6 nitrogen and oxygen atoms in total. The molecule has 0 atom stereocenters. The monoisotopic (exact) mass is 267 g/mol. The zero-order valence-electron chi connectivity index (χ0n) is 11.2. The van der Waals surface area contributed by atoms with Gasteiger partial charge in [0, 0.05) is 18.2 Å². The molecule has 6 heteroatoms. The standard InChI is InChI=1S/C14H13N5O/c1-8(20)9-3-5-10(6-4-9)12-11-13(15)16-7-17-14(11)19(2)18-12/h3-7H,1-2H3,(H2,15,16,17). The number of aryl methyl sites for hydroxylation is 1. The van der Waals surface area contributed by atoms with Crippen LogP contribution >= 0.6 is 0 Å². The molecule has 0 saturated carbocycles. The molecule has 0 aliphatic rings. The van der Waals surface area contributed by atoms with Crippen LogP contribution in [0.1, 0.15) is 17.3 Å². The number of fused-ring (bicyclic) bond motifs is 1. The van der Waals surface area contributed by atoms with Gasteiger partial charge in [-0.1, -0.05) is 24.3 Å². The molecule has 0 radical (unpaired) electrons. The first-order valence-corrected chi connectivity index (χ1v) is 6.12. The summed E-state index contributed by atoms with van der Waals surface area (Å²) in [5.74, 6) is 0.430. The molecule has 100 valence electrons. The number of carbonyl (C=O) groups is 1. The summed E-state index contributed by atoms with van der Waals surface area (Å²) >= 11 is 0. The van der Waals surface area contributed by atoms with Crippen LogP contribution in [0.5, 0.6) is 0 Å². The molecule has 0 fully saturated rings. The van der Waals surface area contributed by atoms with Crippen molar-refractivity contribution < 1.29 is 4.79 Å². The Kier molecular flexibility index (Phi) is 2.71. The smallest absolute Gasteiger partial charge is 0.163 e. The Morgan fingerprint density at radius 1 is 1.20 bits per heavy atom. The van der Waals surface area contributed by atoms with E-state index >= 15 is 0 Å². The number of nitrogens with zero attached hydrogens (tertiary/aromatic N) is 4. The first-order chi connectivity index (χ1) is 9.58. The Hall–Kier alpha value is -2.76. The lowest BCUT2D eigenvalue weighted by Gasteiger charge is -2.01. The molecule has 0 spiro atoms. The molecule has 3 rings (SSSR count). The van der Waals surface area contributed by atoms with Crippen molar-refractivity contribution in [3.05, 3.63) is 36.2 Å². The number of Topliss-reactive ketones (excluding diaryl/α,β-unsaturated/α-hetero) is 1. The Labute approximate surface area is 115 Å². The number of hydrogen-bond donors (Lipinski definition) is 1. The lowest BCUT2D eigenvalue weighted by atomic mass is 10.1. The quantitative estimate of drug-likeness (QED) is 0.715. The predicted molar refractivity (Wildman–Crippen MR) is 76.2 cm³/mol. The third-order valence-corrected chi connectivity index (χ3v) is 3.21. The maximum Gasteiger partial charge on any atom is 0.163 e. The molecule has 2 N–H and O–H groups in total. The minimum Gasteiger partial charge on any atom is -0.383 e. The van der Waals surface area contributed by atoms with E-state index in [1.807, 2.05) is 19.2 Å². The largest absolute Gasteiger partial charge is 0.383 e. The Bertz CT molecular complexity index is 804. The topological polar surface area (TPSA) is 86.7 Å². The van der Waals surface area contributed by atoms with Gasteiger partial charge < -0.3 is 5.73 Å². The SMILES string of the molecule is CC(=O)c1ccc(-c2nn(C)c3ncnc(N)c23)cc1. The van der Waals surface area contributed by atoms with E-state index in [1.165, 1.54) is 13.3 Å². The third kappa shape index (κ3) is 1.82. The van der Waals surface area contributed by atoms with Crippen LogP contribution in [-0.4, -0.2) is 25.5 Å². The van der Waals surface area contributed by atoms with Crippen molar-refractivity contribution in [2.75, 3.05) is 5.73 Å². The van der Waals surface area contributed by atoms with Gasteiger partial charge in [-0.15, -0.1) is 0 Å². The lowest BCUT2D eigenvalue weighted by Crippen LogP contribution is -1.95. The highest BCUT2D eigenvalue weighted by molar-refractivity contribution is 5.99. The summed E-state index contributed by atoms with van der Waals surface area (Å²) in [7, 11) is 1.81. The van der Waals surface area contributed by atoms with E-state index in [0.29, 0.717) is 17.0 Å². The molecule has 3 aromatic rings. The minimum atomic E-state index is 0.0327. The highest BCUT2D eigenvalue weighted by Gasteiger charge is 2.15. The average Bonchev–Trinajstić information content (AvgIpc) is 2.78. The van der Waals surface area contributed by atoms with Gasteiger partial charge >= 0.3 is 0 Å². The number of aromatic nitrogens is 4. The molecule has 2 aromatic heterocycles. The zero-order valence-corrected chi connectivity index (χ0v) is 11.2. The second-order valence-electron chi connectivity index (χ2n) is 4.56.